The summed E-state index contributed by atoms with van der Waals surface area (Å²) in [5.41, 5.74) is 1.53. The Bertz CT molecular complexity index is 899. The monoisotopic (exact) mass is 296 g/mol. The van der Waals surface area contributed by atoms with Gasteiger partial charge in [-0.05, 0) is 31.2 Å². The number of phenols is 1. The van der Waals surface area contributed by atoms with Crippen LogP contribution >= 0.6 is 0 Å². The van der Waals surface area contributed by atoms with Gasteiger partial charge >= 0.3 is 5.97 Å². The Morgan fingerprint density at radius 2 is 1.95 bits per heavy atom. The van der Waals surface area contributed by atoms with Crippen LogP contribution in [0.25, 0.3) is 5.65 Å². The summed E-state index contributed by atoms with van der Waals surface area (Å²) >= 11 is 0. The van der Waals surface area contributed by atoms with Crippen molar-refractivity contribution in [2.75, 3.05) is 0 Å². The fraction of sp³-hybridized carbons (Fsp3) is 0.0667. The SMILES string of the molecule is Cc1cccc2nc(C(=O)O)c(N=Nc3cccc(O)c3)n12. The fourth-order valence-electron chi connectivity index (χ4n) is 2.13. The highest BCUT2D eigenvalue weighted by Crippen LogP contribution is 2.26. The summed E-state index contributed by atoms with van der Waals surface area (Å²) in [7, 11) is 0. The van der Waals surface area contributed by atoms with E-state index in [1.54, 1.807) is 28.7 Å². The van der Waals surface area contributed by atoms with E-state index in [1.165, 1.54) is 12.1 Å². The minimum absolute atomic E-state index is 0.0595. The number of carboxylic acid groups (broad SMARTS) is 1. The second-order valence-electron chi connectivity index (χ2n) is 4.67. The van der Waals surface area contributed by atoms with Gasteiger partial charge in [0.25, 0.3) is 0 Å². The summed E-state index contributed by atoms with van der Waals surface area (Å²) in [6.07, 6.45) is 0. The van der Waals surface area contributed by atoms with Gasteiger partial charge in [0.2, 0.25) is 0 Å². The number of aromatic hydroxyl groups is 1. The van der Waals surface area contributed by atoms with E-state index in [4.69, 9.17) is 0 Å². The molecule has 2 N–H and O–H groups in total. The maximum atomic E-state index is 11.4. The Kier molecular flexibility index (Phi) is 3.30. The van der Waals surface area contributed by atoms with Gasteiger partial charge < -0.3 is 10.2 Å². The lowest BCUT2D eigenvalue weighted by molar-refractivity contribution is 0.0692. The number of nitrogens with zero attached hydrogens (tertiary/aromatic N) is 4. The first-order valence-electron chi connectivity index (χ1n) is 6.48. The average molecular weight is 296 g/mol. The van der Waals surface area contributed by atoms with Crippen molar-refractivity contribution >= 4 is 23.1 Å². The molecule has 0 bridgehead atoms. The van der Waals surface area contributed by atoms with Gasteiger partial charge in [-0.3, -0.25) is 4.40 Å². The molecule has 22 heavy (non-hydrogen) atoms. The van der Waals surface area contributed by atoms with E-state index < -0.39 is 5.97 Å². The van der Waals surface area contributed by atoms with E-state index in [-0.39, 0.29) is 17.3 Å². The number of benzene rings is 1. The summed E-state index contributed by atoms with van der Waals surface area (Å²) in [5.74, 6) is -0.971. The number of rotatable bonds is 3. The predicted molar refractivity (Wildman–Crippen MR) is 79.2 cm³/mol. The number of phenolic OH excluding ortho intramolecular Hbond substituents is 1. The normalized spacial score (nSPS) is 11.3. The van der Waals surface area contributed by atoms with Crippen LogP contribution in [0.15, 0.2) is 52.7 Å². The van der Waals surface area contributed by atoms with Gasteiger partial charge in [-0.15, -0.1) is 10.2 Å². The van der Waals surface area contributed by atoms with E-state index in [2.05, 4.69) is 15.2 Å². The van der Waals surface area contributed by atoms with E-state index in [0.717, 1.165) is 5.69 Å². The summed E-state index contributed by atoms with van der Waals surface area (Å²) in [6, 6.07) is 11.5. The lowest BCUT2D eigenvalue weighted by Crippen LogP contribution is -1.97. The topological polar surface area (TPSA) is 99.5 Å². The molecule has 0 aliphatic rings. The van der Waals surface area contributed by atoms with Crippen LogP contribution in [-0.2, 0) is 0 Å². The number of carbonyl (C=O) groups is 1. The van der Waals surface area contributed by atoms with Crippen LogP contribution in [0.1, 0.15) is 16.2 Å². The quantitative estimate of drug-likeness (QED) is 0.723. The van der Waals surface area contributed by atoms with Crippen molar-refractivity contribution in [1.29, 1.82) is 0 Å². The smallest absolute Gasteiger partial charge is 0.358 e. The number of hydrogen-bond acceptors (Lipinski definition) is 5. The van der Waals surface area contributed by atoms with E-state index in [1.807, 2.05) is 13.0 Å². The molecule has 0 spiro atoms. The molecule has 0 amide bonds. The maximum Gasteiger partial charge on any atom is 0.358 e. The number of azo groups is 1. The lowest BCUT2D eigenvalue weighted by atomic mass is 10.3. The minimum Gasteiger partial charge on any atom is -0.508 e. The molecule has 0 radical (unpaired) electrons. The number of aromatic carboxylic acids is 1. The van der Waals surface area contributed by atoms with E-state index in [0.29, 0.717) is 11.3 Å². The number of carboxylic acids is 1. The third-order valence-electron chi connectivity index (χ3n) is 3.11. The number of fused-ring (bicyclic) bond motifs is 1. The third-order valence-corrected chi connectivity index (χ3v) is 3.11. The first kappa shape index (κ1) is 13.7. The van der Waals surface area contributed by atoms with E-state index in [9.17, 15) is 15.0 Å². The largest absolute Gasteiger partial charge is 0.508 e. The van der Waals surface area contributed by atoms with Crippen molar-refractivity contribution in [2.24, 2.45) is 10.2 Å². The minimum atomic E-state index is -1.17. The van der Waals surface area contributed by atoms with Gasteiger partial charge in [0, 0.05) is 11.8 Å². The molecule has 0 saturated heterocycles. The first-order chi connectivity index (χ1) is 10.6. The van der Waals surface area contributed by atoms with Crippen LogP contribution in [0.3, 0.4) is 0 Å². The molecule has 3 rings (SSSR count). The van der Waals surface area contributed by atoms with Crippen LogP contribution in [0.4, 0.5) is 11.5 Å². The Hall–Kier alpha value is -3.22. The van der Waals surface area contributed by atoms with Crippen LogP contribution in [0, 0.1) is 6.92 Å². The van der Waals surface area contributed by atoms with E-state index >= 15 is 0 Å². The molecular weight excluding hydrogens is 284 g/mol. The lowest BCUT2D eigenvalue weighted by Gasteiger charge is -2.01. The zero-order chi connectivity index (χ0) is 15.7. The number of imidazole rings is 1. The molecule has 2 heterocycles. The molecule has 3 aromatic rings. The average Bonchev–Trinajstić information content (AvgIpc) is 2.85. The Morgan fingerprint density at radius 1 is 1.18 bits per heavy atom. The van der Waals surface area contributed by atoms with Gasteiger partial charge in [-0.1, -0.05) is 12.1 Å². The maximum absolute atomic E-state index is 11.4. The van der Waals surface area contributed by atoms with Crippen LogP contribution in [0.5, 0.6) is 5.75 Å². The number of aromatic nitrogens is 2. The molecule has 110 valence electrons. The fourth-order valence-corrected chi connectivity index (χ4v) is 2.13. The zero-order valence-corrected chi connectivity index (χ0v) is 11.6. The first-order valence-corrected chi connectivity index (χ1v) is 6.48. The summed E-state index contributed by atoms with van der Waals surface area (Å²) < 4.78 is 1.62. The molecule has 0 aliphatic carbocycles. The molecule has 0 fully saturated rings. The van der Waals surface area contributed by atoms with Crippen molar-refractivity contribution < 1.29 is 15.0 Å². The predicted octanol–water partition coefficient (Wildman–Crippen LogP) is 3.46. The molecular formula is C15H12N4O3. The van der Waals surface area contributed by atoms with Gasteiger partial charge in [-0.25, -0.2) is 9.78 Å². The zero-order valence-electron chi connectivity index (χ0n) is 11.6. The molecule has 0 aliphatic heterocycles. The summed E-state index contributed by atoms with van der Waals surface area (Å²) in [6.45, 7) is 1.83. The molecule has 0 atom stereocenters. The van der Waals surface area contributed by atoms with Gasteiger partial charge in [0.15, 0.2) is 11.5 Å². The molecule has 2 aromatic heterocycles. The van der Waals surface area contributed by atoms with Crippen molar-refractivity contribution in [1.82, 2.24) is 9.38 Å². The molecule has 7 heteroatoms. The second-order valence-corrected chi connectivity index (χ2v) is 4.67. The number of hydrogen-bond donors (Lipinski definition) is 2. The molecule has 1 aromatic carbocycles. The van der Waals surface area contributed by atoms with Crippen molar-refractivity contribution in [3.63, 3.8) is 0 Å². The van der Waals surface area contributed by atoms with Crippen molar-refractivity contribution in [3.05, 3.63) is 53.9 Å². The Morgan fingerprint density at radius 3 is 2.68 bits per heavy atom. The van der Waals surface area contributed by atoms with Crippen molar-refractivity contribution in [3.8, 4) is 5.75 Å². The summed E-state index contributed by atoms with van der Waals surface area (Å²) in [4.78, 5) is 15.4. The highest BCUT2D eigenvalue weighted by Gasteiger charge is 2.19. The molecule has 0 unspecified atom stereocenters. The third kappa shape index (κ3) is 2.39. The van der Waals surface area contributed by atoms with Crippen LogP contribution < -0.4 is 0 Å². The number of pyridine rings is 1. The Balaban J connectivity index is 2.16. The van der Waals surface area contributed by atoms with Gasteiger partial charge in [-0.2, -0.15) is 0 Å². The van der Waals surface area contributed by atoms with Gasteiger partial charge in [0.05, 0.1) is 5.69 Å². The highest BCUT2D eigenvalue weighted by atomic mass is 16.4. The van der Waals surface area contributed by atoms with Gasteiger partial charge in [0.1, 0.15) is 11.4 Å². The number of aryl methyl sites for hydroxylation is 1. The highest BCUT2D eigenvalue weighted by molar-refractivity contribution is 5.91. The van der Waals surface area contributed by atoms with Crippen LogP contribution in [0.2, 0.25) is 0 Å². The standard InChI is InChI=1S/C15H12N4O3/c1-9-4-2-7-12-16-13(15(21)22)14(19(9)12)18-17-10-5-3-6-11(20)8-10/h2-8,20H,1H3,(H,21,22). The molecule has 0 saturated carbocycles. The molecule has 7 nitrogen and oxygen atoms in total. The van der Waals surface area contributed by atoms with Crippen LogP contribution in [-0.4, -0.2) is 25.6 Å². The Labute approximate surface area is 125 Å². The summed E-state index contributed by atoms with van der Waals surface area (Å²) in [5, 5.41) is 26.7. The van der Waals surface area contributed by atoms with Crippen molar-refractivity contribution in [2.45, 2.75) is 6.92 Å². The second kappa shape index (κ2) is 5.28.